The molecule has 1 heterocycles. The summed E-state index contributed by atoms with van der Waals surface area (Å²) < 4.78 is 36.9. The normalized spacial score (nSPS) is 11.1. The zero-order chi connectivity index (χ0) is 21.5. The van der Waals surface area contributed by atoms with Crippen molar-refractivity contribution >= 4 is 33.7 Å². The minimum absolute atomic E-state index is 0.0786. The van der Waals surface area contributed by atoms with Crippen LogP contribution in [0.25, 0.3) is 6.08 Å². The van der Waals surface area contributed by atoms with E-state index in [1.54, 1.807) is 29.1 Å². The number of nitrogens with zero attached hydrogens (tertiary/aromatic N) is 2. The number of ether oxygens (including phenoxy) is 2. The number of aromatic nitrogens is 2. The molecule has 30 heavy (non-hydrogen) atoms. The summed E-state index contributed by atoms with van der Waals surface area (Å²) >= 11 is 3.50. The first-order chi connectivity index (χ1) is 14.5. The number of carbonyl (C=O) groups is 1. The van der Waals surface area contributed by atoms with Gasteiger partial charge in [-0.3, -0.25) is 4.79 Å². The van der Waals surface area contributed by atoms with Crippen molar-refractivity contribution in [3.05, 3.63) is 76.4 Å². The number of nitrogens with one attached hydrogen (secondary N) is 1. The Morgan fingerprint density at radius 1 is 1.23 bits per heavy atom. The van der Waals surface area contributed by atoms with Crippen molar-refractivity contribution in [3.8, 4) is 11.5 Å². The summed E-state index contributed by atoms with van der Waals surface area (Å²) in [6.45, 7) is -2.47. The highest BCUT2D eigenvalue weighted by Crippen LogP contribution is 2.29. The average molecular weight is 478 g/mol. The zero-order valence-corrected chi connectivity index (χ0v) is 17.5. The van der Waals surface area contributed by atoms with E-state index in [9.17, 15) is 13.6 Å². The molecule has 0 radical (unpaired) electrons. The molecule has 0 aliphatic rings. The van der Waals surface area contributed by atoms with E-state index >= 15 is 0 Å². The summed E-state index contributed by atoms with van der Waals surface area (Å²) in [4.78, 5) is 12.3. The lowest BCUT2D eigenvalue weighted by atomic mass is 10.2. The lowest BCUT2D eigenvalue weighted by Crippen LogP contribution is -2.14. The van der Waals surface area contributed by atoms with Gasteiger partial charge in [-0.15, -0.1) is 0 Å². The van der Waals surface area contributed by atoms with E-state index < -0.39 is 6.61 Å². The number of benzene rings is 2. The highest BCUT2D eigenvalue weighted by molar-refractivity contribution is 9.10. The standard InChI is InChI=1S/C21H18BrF2N3O3/c1-29-18-12-14(6-8-17(18)30-21(23)24)7-9-20(28)26-19-10-11-25-27(19)13-15-4-2-3-5-16(15)22/h2-12,21H,13H2,1H3,(H,26,28)/b9-7+. The Morgan fingerprint density at radius 2 is 2.03 bits per heavy atom. The van der Waals surface area contributed by atoms with E-state index in [0.717, 1.165) is 10.0 Å². The van der Waals surface area contributed by atoms with E-state index in [4.69, 9.17) is 4.74 Å². The molecule has 0 bridgehead atoms. The minimum Gasteiger partial charge on any atom is -0.493 e. The average Bonchev–Trinajstić information content (AvgIpc) is 3.15. The molecule has 0 atom stereocenters. The van der Waals surface area contributed by atoms with E-state index in [1.165, 1.54) is 25.3 Å². The van der Waals surface area contributed by atoms with E-state index in [-0.39, 0.29) is 17.4 Å². The van der Waals surface area contributed by atoms with Gasteiger partial charge in [0.05, 0.1) is 19.9 Å². The van der Waals surface area contributed by atoms with Gasteiger partial charge in [-0.05, 0) is 35.4 Å². The molecule has 0 saturated heterocycles. The van der Waals surface area contributed by atoms with Gasteiger partial charge in [-0.1, -0.05) is 40.2 Å². The fourth-order valence-corrected chi connectivity index (χ4v) is 3.08. The van der Waals surface area contributed by atoms with Crippen molar-refractivity contribution in [1.29, 1.82) is 0 Å². The quantitative estimate of drug-likeness (QED) is 0.465. The van der Waals surface area contributed by atoms with E-state index in [1.807, 2.05) is 24.3 Å². The number of hydrogen-bond donors (Lipinski definition) is 1. The van der Waals surface area contributed by atoms with Crippen molar-refractivity contribution < 1.29 is 23.0 Å². The first-order valence-corrected chi connectivity index (χ1v) is 9.62. The SMILES string of the molecule is COc1cc(/C=C/C(=O)Nc2ccnn2Cc2ccccc2Br)ccc1OC(F)F. The second-order valence-electron chi connectivity index (χ2n) is 6.08. The van der Waals surface area contributed by atoms with Gasteiger partial charge in [0.25, 0.3) is 0 Å². The Labute approximate surface area is 180 Å². The topological polar surface area (TPSA) is 65.4 Å². The molecule has 0 unspecified atom stereocenters. The van der Waals surface area contributed by atoms with Crippen molar-refractivity contribution in [2.75, 3.05) is 12.4 Å². The molecule has 1 N–H and O–H groups in total. The highest BCUT2D eigenvalue weighted by atomic mass is 79.9. The van der Waals surface area contributed by atoms with Crippen LogP contribution >= 0.6 is 15.9 Å². The summed E-state index contributed by atoms with van der Waals surface area (Å²) in [5.41, 5.74) is 1.61. The Hall–Kier alpha value is -3.20. The third-order valence-corrected chi connectivity index (χ3v) is 4.85. The fourth-order valence-electron chi connectivity index (χ4n) is 2.67. The van der Waals surface area contributed by atoms with Gasteiger partial charge in [0.1, 0.15) is 5.82 Å². The first kappa shape index (κ1) is 21.5. The molecule has 156 valence electrons. The van der Waals surface area contributed by atoms with Gasteiger partial charge in [0.15, 0.2) is 11.5 Å². The number of halogens is 3. The van der Waals surface area contributed by atoms with Crippen LogP contribution in [0.2, 0.25) is 0 Å². The van der Waals surface area contributed by atoms with Crippen LogP contribution in [0.4, 0.5) is 14.6 Å². The number of anilines is 1. The highest BCUT2D eigenvalue weighted by Gasteiger charge is 2.11. The summed E-state index contributed by atoms with van der Waals surface area (Å²) in [6, 6.07) is 13.8. The Kier molecular flexibility index (Phi) is 7.18. The second-order valence-corrected chi connectivity index (χ2v) is 6.93. The molecular formula is C21H18BrF2N3O3. The minimum atomic E-state index is -2.95. The summed E-state index contributed by atoms with van der Waals surface area (Å²) in [7, 11) is 1.35. The zero-order valence-electron chi connectivity index (χ0n) is 15.9. The number of methoxy groups -OCH3 is 1. The van der Waals surface area contributed by atoms with Crippen LogP contribution in [0.15, 0.2) is 65.3 Å². The molecule has 0 spiro atoms. The Balaban J connectivity index is 1.67. The smallest absolute Gasteiger partial charge is 0.387 e. The molecule has 0 aliphatic heterocycles. The maximum Gasteiger partial charge on any atom is 0.387 e. The molecular weight excluding hydrogens is 460 g/mol. The number of rotatable bonds is 8. The predicted octanol–water partition coefficient (Wildman–Crippen LogP) is 4.96. The molecule has 1 aromatic heterocycles. The predicted molar refractivity (Wildman–Crippen MR) is 113 cm³/mol. The molecule has 9 heteroatoms. The van der Waals surface area contributed by atoms with Crippen molar-refractivity contribution in [2.24, 2.45) is 0 Å². The van der Waals surface area contributed by atoms with Gasteiger partial charge in [-0.2, -0.15) is 13.9 Å². The van der Waals surface area contributed by atoms with Gasteiger partial charge < -0.3 is 14.8 Å². The molecule has 6 nitrogen and oxygen atoms in total. The third kappa shape index (κ3) is 5.66. The third-order valence-electron chi connectivity index (χ3n) is 4.08. The van der Waals surface area contributed by atoms with Gasteiger partial charge in [0.2, 0.25) is 5.91 Å². The van der Waals surface area contributed by atoms with Gasteiger partial charge in [-0.25, -0.2) is 4.68 Å². The number of alkyl halides is 2. The molecule has 0 aliphatic carbocycles. The second kappa shape index (κ2) is 10.0. The maximum atomic E-state index is 12.4. The number of hydrogen-bond acceptors (Lipinski definition) is 4. The summed E-state index contributed by atoms with van der Waals surface area (Å²) in [5, 5.41) is 7.02. The summed E-state index contributed by atoms with van der Waals surface area (Å²) in [6.07, 6.45) is 4.47. The van der Waals surface area contributed by atoms with Gasteiger partial charge >= 0.3 is 6.61 Å². The van der Waals surface area contributed by atoms with E-state index in [0.29, 0.717) is 17.9 Å². The number of carbonyl (C=O) groups excluding carboxylic acids is 1. The maximum absolute atomic E-state index is 12.4. The van der Waals surface area contributed by atoms with Gasteiger partial charge in [0, 0.05) is 16.6 Å². The van der Waals surface area contributed by atoms with Crippen LogP contribution in [0.3, 0.4) is 0 Å². The monoisotopic (exact) mass is 477 g/mol. The molecule has 0 saturated carbocycles. The van der Waals surface area contributed by atoms with Crippen molar-refractivity contribution in [2.45, 2.75) is 13.2 Å². The van der Waals surface area contributed by atoms with Crippen LogP contribution in [-0.4, -0.2) is 29.4 Å². The number of amides is 1. The van der Waals surface area contributed by atoms with Crippen molar-refractivity contribution in [3.63, 3.8) is 0 Å². The van der Waals surface area contributed by atoms with Crippen molar-refractivity contribution in [1.82, 2.24) is 9.78 Å². The first-order valence-electron chi connectivity index (χ1n) is 8.83. The van der Waals surface area contributed by atoms with Crippen LogP contribution in [0.1, 0.15) is 11.1 Å². The fraction of sp³-hybridized carbons (Fsp3) is 0.143. The molecule has 2 aromatic carbocycles. The molecule has 3 rings (SSSR count). The Morgan fingerprint density at radius 3 is 2.77 bits per heavy atom. The largest absolute Gasteiger partial charge is 0.493 e. The molecule has 0 fully saturated rings. The Bertz CT molecular complexity index is 1050. The summed E-state index contributed by atoms with van der Waals surface area (Å²) in [5.74, 6) is 0.240. The van der Waals surface area contributed by atoms with E-state index in [2.05, 4.69) is 31.1 Å². The lowest BCUT2D eigenvalue weighted by Gasteiger charge is -2.10. The van der Waals surface area contributed by atoms with Crippen LogP contribution < -0.4 is 14.8 Å². The molecule has 1 amide bonds. The molecule has 3 aromatic rings. The van der Waals surface area contributed by atoms with Crippen LogP contribution in [-0.2, 0) is 11.3 Å². The van der Waals surface area contributed by atoms with Crippen LogP contribution in [0.5, 0.6) is 11.5 Å². The van der Waals surface area contributed by atoms with Crippen LogP contribution in [0, 0.1) is 0 Å². The lowest BCUT2D eigenvalue weighted by molar-refractivity contribution is -0.111.